The Morgan fingerprint density at radius 3 is 1.95 bits per heavy atom. The van der Waals surface area contributed by atoms with Gasteiger partial charge in [0.05, 0.1) is 6.61 Å². The lowest BCUT2D eigenvalue weighted by Gasteiger charge is -2.46. The number of hydrogen-bond donors (Lipinski definition) is 0. The van der Waals surface area contributed by atoms with Crippen LogP contribution in [-0.2, 0) is 17.0 Å². The van der Waals surface area contributed by atoms with E-state index in [0.717, 1.165) is 0 Å². The van der Waals surface area contributed by atoms with E-state index in [9.17, 15) is 4.57 Å². The molecule has 0 fully saturated rings. The summed E-state index contributed by atoms with van der Waals surface area (Å²) in [4.78, 5) is 0. The van der Waals surface area contributed by atoms with Gasteiger partial charge in [0.25, 0.3) is 0 Å². The molecule has 0 aromatic heterocycles. The molecule has 20 heavy (non-hydrogen) atoms. The minimum atomic E-state index is -3.05. The zero-order chi connectivity index (χ0) is 16.2. The quantitative estimate of drug-likeness (QED) is 0.340. The third-order valence-corrected chi connectivity index (χ3v) is 6.23. The van der Waals surface area contributed by atoms with E-state index in [1.165, 1.54) is 7.11 Å². The zero-order valence-corrected chi connectivity index (χ0v) is 16.9. The van der Waals surface area contributed by atoms with Crippen LogP contribution >= 0.6 is 30.4 Å². The first-order chi connectivity index (χ1) is 8.94. The van der Waals surface area contributed by atoms with Crippen molar-refractivity contribution in [3.05, 3.63) is 0 Å². The number of nitrogens with zero attached hydrogens (tertiary/aromatic N) is 1. The van der Waals surface area contributed by atoms with Crippen LogP contribution in [0.2, 0.25) is 0 Å². The lowest BCUT2D eigenvalue weighted by molar-refractivity contribution is -0.129. The number of methoxy groups -OCH3 is 1. The molecule has 0 N–H and O–H groups in total. The molecule has 0 amide bonds. The molecule has 122 valence electrons. The fourth-order valence-electron chi connectivity index (χ4n) is 2.19. The fourth-order valence-corrected chi connectivity index (χ4v) is 6.23. The molecule has 2 atom stereocenters. The second-order valence-corrected chi connectivity index (χ2v) is 9.72. The Bertz CT molecular complexity index is 328. The van der Waals surface area contributed by atoms with Gasteiger partial charge >= 0.3 is 0 Å². The van der Waals surface area contributed by atoms with Crippen LogP contribution < -0.4 is 0 Å². The third-order valence-electron chi connectivity index (χ3n) is 2.76. The van der Waals surface area contributed by atoms with E-state index in [0.29, 0.717) is 6.61 Å². The molecule has 0 radical (unpaired) electrons. The minimum absolute atomic E-state index is 0.0787. The number of hydrogen-bond acceptors (Lipinski definition) is 5. The van der Waals surface area contributed by atoms with Crippen LogP contribution in [0.25, 0.3) is 0 Å². The zero-order valence-electron chi connectivity index (χ0n) is 13.9. The molecular formula is C13H29INO4P. The van der Waals surface area contributed by atoms with E-state index in [4.69, 9.17) is 12.4 Å². The molecule has 0 rings (SSSR count). The van der Waals surface area contributed by atoms with E-state index in [-0.39, 0.29) is 17.3 Å². The number of rotatable bonds is 7. The van der Waals surface area contributed by atoms with Gasteiger partial charge in [-0.3, -0.25) is 4.57 Å². The van der Waals surface area contributed by atoms with Crippen LogP contribution in [0, 0.1) is 5.41 Å². The van der Waals surface area contributed by atoms with Gasteiger partial charge in [-0.05, 0) is 33.1 Å². The third kappa shape index (κ3) is 5.54. The van der Waals surface area contributed by atoms with Crippen molar-refractivity contribution in [3.63, 3.8) is 0 Å². The standard InChI is InChI=1S/C13H29INO4P/c1-9-18-20(16,10-17-8)11(12(2,3)4)15(19-14)13(5,6)7/h11H,9-10H2,1-8H3. The molecule has 0 aromatic carbocycles. The van der Waals surface area contributed by atoms with Gasteiger partial charge in [0, 0.05) is 12.6 Å². The van der Waals surface area contributed by atoms with Gasteiger partial charge in [-0.1, -0.05) is 20.8 Å². The highest BCUT2D eigenvalue weighted by atomic mass is 127. The summed E-state index contributed by atoms with van der Waals surface area (Å²) in [6, 6.07) is 0. The maximum Gasteiger partial charge on any atom is 0.247 e. The number of halogens is 1. The molecule has 0 aliphatic carbocycles. The van der Waals surface area contributed by atoms with Crippen molar-refractivity contribution in [2.75, 3.05) is 20.1 Å². The predicted octanol–water partition coefficient (Wildman–Crippen LogP) is 4.66. The summed E-state index contributed by atoms with van der Waals surface area (Å²) in [5.74, 6) is -0.396. The van der Waals surface area contributed by atoms with Gasteiger partial charge in [-0.25, -0.2) is 3.17 Å². The maximum atomic E-state index is 13.3. The molecule has 0 aliphatic rings. The topological polar surface area (TPSA) is 48.0 Å². The Morgan fingerprint density at radius 1 is 1.20 bits per heavy atom. The highest BCUT2D eigenvalue weighted by Gasteiger charge is 2.49. The van der Waals surface area contributed by atoms with E-state index in [2.05, 4.69) is 0 Å². The van der Waals surface area contributed by atoms with Crippen molar-refractivity contribution in [1.82, 2.24) is 5.06 Å². The molecule has 0 heterocycles. The Labute approximate surface area is 137 Å². The largest absolute Gasteiger partial charge is 0.375 e. The van der Waals surface area contributed by atoms with E-state index < -0.39 is 13.2 Å². The maximum absolute atomic E-state index is 13.3. The van der Waals surface area contributed by atoms with Crippen LogP contribution in [0.15, 0.2) is 0 Å². The summed E-state index contributed by atoms with van der Waals surface area (Å²) < 4.78 is 29.7. The minimum Gasteiger partial charge on any atom is -0.375 e. The monoisotopic (exact) mass is 421 g/mol. The first kappa shape index (κ1) is 20.8. The first-order valence-electron chi connectivity index (χ1n) is 6.74. The summed E-state index contributed by atoms with van der Waals surface area (Å²) in [7, 11) is -1.51. The molecule has 0 aliphatic heterocycles. The molecular weight excluding hydrogens is 392 g/mol. The summed E-state index contributed by atoms with van der Waals surface area (Å²) >= 11 is 1.84. The van der Waals surface area contributed by atoms with Crippen molar-refractivity contribution < 1.29 is 17.0 Å². The molecule has 0 spiro atoms. The molecule has 7 heteroatoms. The Balaban J connectivity index is 5.82. The molecule has 0 saturated carbocycles. The molecule has 5 nitrogen and oxygen atoms in total. The lowest BCUT2D eigenvalue weighted by Crippen LogP contribution is -2.52. The second-order valence-electron chi connectivity index (χ2n) is 6.87. The van der Waals surface area contributed by atoms with Crippen molar-refractivity contribution in [1.29, 1.82) is 0 Å². The summed E-state index contributed by atoms with van der Waals surface area (Å²) in [5, 5.41) is 1.77. The van der Waals surface area contributed by atoms with E-state index in [1.807, 2.05) is 71.5 Å². The van der Waals surface area contributed by atoms with Crippen molar-refractivity contribution >= 4 is 30.4 Å². The Hall–Kier alpha value is 0.800. The summed E-state index contributed by atoms with van der Waals surface area (Å²) in [6.07, 6.45) is 0.0787. The van der Waals surface area contributed by atoms with Gasteiger partial charge in [0.1, 0.15) is 35.1 Å². The normalized spacial score (nSPS) is 18.1. The highest BCUT2D eigenvalue weighted by molar-refractivity contribution is 14.1. The van der Waals surface area contributed by atoms with Gasteiger partial charge in [0.2, 0.25) is 7.37 Å². The first-order valence-corrected chi connectivity index (χ1v) is 9.50. The predicted molar refractivity (Wildman–Crippen MR) is 91.0 cm³/mol. The van der Waals surface area contributed by atoms with E-state index in [1.54, 1.807) is 5.06 Å². The van der Waals surface area contributed by atoms with Gasteiger partial charge < -0.3 is 9.26 Å². The molecule has 0 bridgehead atoms. The average Bonchev–Trinajstić information content (AvgIpc) is 2.22. The fraction of sp³-hybridized carbons (Fsp3) is 1.00. The van der Waals surface area contributed by atoms with Crippen LogP contribution in [0.4, 0.5) is 0 Å². The second kappa shape index (κ2) is 7.88. The van der Waals surface area contributed by atoms with E-state index >= 15 is 0 Å². The van der Waals surface area contributed by atoms with Gasteiger partial charge in [0.15, 0.2) is 0 Å². The summed E-state index contributed by atoms with van der Waals surface area (Å²) in [6.45, 7) is 14.4. The van der Waals surface area contributed by atoms with Crippen molar-refractivity contribution in [2.24, 2.45) is 5.41 Å². The lowest BCUT2D eigenvalue weighted by atomic mass is 9.94. The SMILES string of the molecule is CCOP(=O)(COC)C(N(OI)C(C)(C)C)C(C)(C)C. The number of hydroxylamine groups is 2. The summed E-state index contributed by atoms with van der Waals surface area (Å²) in [5.41, 5.74) is -0.596. The smallest absolute Gasteiger partial charge is 0.247 e. The van der Waals surface area contributed by atoms with Crippen LogP contribution in [-0.4, -0.2) is 36.4 Å². The number of ether oxygens (including phenoxy) is 1. The van der Waals surface area contributed by atoms with Crippen LogP contribution in [0.1, 0.15) is 48.5 Å². The average molecular weight is 421 g/mol. The van der Waals surface area contributed by atoms with Crippen LogP contribution in [0.3, 0.4) is 0 Å². The van der Waals surface area contributed by atoms with Crippen molar-refractivity contribution in [3.8, 4) is 0 Å². The Morgan fingerprint density at radius 2 is 1.70 bits per heavy atom. The van der Waals surface area contributed by atoms with Crippen LogP contribution in [0.5, 0.6) is 0 Å². The van der Waals surface area contributed by atoms with Gasteiger partial charge in [-0.15, -0.1) is 0 Å². The van der Waals surface area contributed by atoms with Crippen molar-refractivity contribution in [2.45, 2.75) is 59.8 Å². The molecule has 0 aromatic rings. The highest BCUT2D eigenvalue weighted by Crippen LogP contribution is 2.60. The van der Waals surface area contributed by atoms with Gasteiger partial charge in [-0.2, -0.15) is 5.06 Å². The Kier molecular flexibility index (Phi) is 8.20. The molecule has 0 saturated heterocycles. The molecule has 2 unspecified atom stereocenters.